The van der Waals surface area contributed by atoms with Crippen LogP contribution in [0.15, 0.2) is 24.3 Å². The molecule has 2 aliphatic rings. The second-order valence-electron chi connectivity index (χ2n) is 5.34. The standard InChI is InChI=1S/C15H20/c1-2-6-12(7-3-1)15-10-13-8-4-5-9-14(13)11-15/h4-5,8-9,12,15H,1-3,6-7,10-11H2. The van der Waals surface area contributed by atoms with Crippen LogP contribution >= 0.6 is 0 Å². The van der Waals surface area contributed by atoms with E-state index in [4.69, 9.17) is 0 Å². The van der Waals surface area contributed by atoms with Gasteiger partial charge in [-0.15, -0.1) is 0 Å². The van der Waals surface area contributed by atoms with Crippen LogP contribution in [0, 0.1) is 11.8 Å². The molecular formula is C15H20. The maximum absolute atomic E-state index is 2.33. The van der Waals surface area contributed by atoms with Gasteiger partial charge in [-0.2, -0.15) is 0 Å². The van der Waals surface area contributed by atoms with Crippen LogP contribution in [0.2, 0.25) is 0 Å². The van der Waals surface area contributed by atoms with Gasteiger partial charge in [-0.25, -0.2) is 0 Å². The van der Waals surface area contributed by atoms with Crippen molar-refractivity contribution in [3.8, 4) is 0 Å². The van der Waals surface area contributed by atoms with Gasteiger partial charge in [0, 0.05) is 0 Å². The zero-order chi connectivity index (χ0) is 10.1. The smallest absolute Gasteiger partial charge is 0.0242 e. The van der Waals surface area contributed by atoms with E-state index in [0.29, 0.717) is 0 Å². The Labute approximate surface area is 92.7 Å². The molecule has 0 radical (unpaired) electrons. The third kappa shape index (κ3) is 1.82. The van der Waals surface area contributed by atoms with Crippen molar-refractivity contribution in [2.75, 3.05) is 0 Å². The van der Waals surface area contributed by atoms with Crippen LogP contribution in [0.4, 0.5) is 0 Å². The Hall–Kier alpha value is -0.780. The molecule has 0 N–H and O–H groups in total. The first kappa shape index (κ1) is 9.45. The van der Waals surface area contributed by atoms with Crippen LogP contribution in [0.25, 0.3) is 0 Å². The molecule has 1 aromatic carbocycles. The van der Waals surface area contributed by atoms with Gasteiger partial charge in [-0.3, -0.25) is 0 Å². The van der Waals surface area contributed by atoms with Crippen LogP contribution in [-0.2, 0) is 12.8 Å². The largest absolute Gasteiger partial charge is 0.0620 e. The lowest BCUT2D eigenvalue weighted by atomic mass is 9.79. The van der Waals surface area contributed by atoms with Crippen molar-refractivity contribution in [1.82, 2.24) is 0 Å². The van der Waals surface area contributed by atoms with Gasteiger partial charge in [0.2, 0.25) is 0 Å². The average molecular weight is 200 g/mol. The minimum atomic E-state index is 0.975. The summed E-state index contributed by atoms with van der Waals surface area (Å²) in [5, 5.41) is 0. The van der Waals surface area contributed by atoms with Gasteiger partial charge in [0.15, 0.2) is 0 Å². The Morgan fingerprint density at radius 1 is 0.733 bits per heavy atom. The van der Waals surface area contributed by atoms with E-state index in [-0.39, 0.29) is 0 Å². The fraction of sp³-hybridized carbons (Fsp3) is 0.600. The zero-order valence-corrected chi connectivity index (χ0v) is 9.41. The molecule has 0 bridgehead atoms. The Morgan fingerprint density at radius 2 is 1.33 bits per heavy atom. The molecule has 1 aromatic rings. The Kier molecular flexibility index (Phi) is 2.52. The second kappa shape index (κ2) is 4.00. The SMILES string of the molecule is c1ccc2c(c1)CC(C1CCCCC1)C2. The third-order valence-corrected chi connectivity index (χ3v) is 4.40. The minimum Gasteiger partial charge on any atom is -0.0620 e. The molecule has 15 heavy (non-hydrogen) atoms. The van der Waals surface area contributed by atoms with Crippen LogP contribution in [-0.4, -0.2) is 0 Å². The number of rotatable bonds is 1. The van der Waals surface area contributed by atoms with E-state index in [1.807, 2.05) is 0 Å². The maximum atomic E-state index is 2.33. The normalized spacial score (nSPS) is 22.9. The van der Waals surface area contributed by atoms with Crippen LogP contribution < -0.4 is 0 Å². The fourth-order valence-electron chi connectivity index (χ4n) is 3.53. The van der Waals surface area contributed by atoms with Crippen molar-refractivity contribution in [3.63, 3.8) is 0 Å². The summed E-state index contributed by atoms with van der Waals surface area (Å²) in [6.07, 6.45) is 10.2. The fourth-order valence-corrected chi connectivity index (χ4v) is 3.53. The minimum absolute atomic E-state index is 0.975. The highest BCUT2D eigenvalue weighted by molar-refractivity contribution is 5.32. The number of hydrogen-bond donors (Lipinski definition) is 0. The molecule has 2 aliphatic carbocycles. The van der Waals surface area contributed by atoms with E-state index < -0.39 is 0 Å². The summed E-state index contributed by atoms with van der Waals surface area (Å²) in [6.45, 7) is 0. The highest BCUT2D eigenvalue weighted by Crippen LogP contribution is 2.38. The van der Waals surface area contributed by atoms with Crippen molar-refractivity contribution in [3.05, 3.63) is 35.4 Å². The van der Waals surface area contributed by atoms with E-state index >= 15 is 0 Å². The van der Waals surface area contributed by atoms with Gasteiger partial charge in [0.25, 0.3) is 0 Å². The molecule has 3 rings (SSSR count). The number of benzene rings is 1. The van der Waals surface area contributed by atoms with E-state index in [1.165, 1.54) is 44.9 Å². The lowest BCUT2D eigenvalue weighted by Crippen LogP contribution is -2.18. The van der Waals surface area contributed by atoms with E-state index in [2.05, 4.69) is 24.3 Å². The highest BCUT2D eigenvalue weighted by atomic mass is 14.3. The van der Waals surface area contributed by atoms with Gasteiger partial charge in [-0.05, 0) is 35.8 Å². The predicted octanol–water partition coefficient (Wildman–Crippen LogP) is 3.98. The molecule has 0 aromatic heterocycles. The van der Waals surface area contributed by atoms with E-state index in [1.54, 1.807) is 11.1 Å². The van der Waals surface area contributed by atoms with Crippen molar-refractivity contribution in [2.24, 2.45) is 11.8 Å². The monoisotopic (exact) mass is 200 g/mol. The summed E-state index contributed by atoms with van der Waals surface area (Å²) in [5.41, 5.74) is 3.26. The van der Waals surface area contributed by atoms with Crippen molar-refractivity contribution >= 4 is 0 Å². The molecule has 1 fully saturated rings. The van der Waals surface area contributed by atoms with Crippen LogP contribution in [0.1, 0.15) is 43.2 Å². The van der Waals surface area contributed by atoms with E-state index in [9.17, 15) is 0 Å². The quantitative estimate of drug-likeness (QED) is 0.643. The van der Waals surface area contributed by atoms with Crippen molar-refractivity contribution in [1.29, 1.82) is 0 Å². The average Bonchev–Trinajstić information content (AvgIpc) is 2.74. The molecule has 0 nitrogen and oxygen atoms in total. The van der Waals surface area contributed by atoms with Crippen LogP contribution in [0.3, 0.4) is 0 Å². The molecule has 0 amide bonds. The summed E-state index contributed by atoms with van der Waals surface area (Å²) in [7, 11) is 0. The molecule has 0 spiro atoms. The molecule has 1 saturated carbocycles. The molecule has 80 valence electrons. The molecule has 0 atom stereocenters. The summed E-state index contributed by atoms with van der Waals surface area (Å²) in [6, 6.07) is 9.06. The summed E-state index contributed by atoms with van der Waals surface area (Å²) < 4.78 is 0. The van der Waals surface area contributed by atoms with Crippen LogP contribution in [0.5, 0.6) is 0 Å². The Bertz CT molecular complexity index is 309. The first-order valence-corrected chi connectivity index (χ1v) is 6.50. The van der Waals surface area contributed by atoms with Crippen molar-refractivity contribution < 1.29 is 0 Å². The molecule has 0 unspecified atom stereocenters. The zero-order valence-electron chi connectivity index (χ0n) is 9.41. The molecule has 0 saturated heterocycles. The Morgan fingerprint density at radius 3 is 1.93 bits per heavy atom. The first-order chi connectivity index (χ1) is 7.43. The first-order valence-electron chi connectivity index (χ1n) is 6.50. The number of hydrogen-bond acceptors (Lipinski definition) is 0. The van der Waals surface area contributed by atoms with Gasteiger partial charge in [0.1, 0.15) is 0 Å². The lowest BCUT2D eigenvalue weighted by molar-refractivity contribution is 0.255. The maximum Gasteiger partial charge on any atom is -0.0242 e. The molecule has 0 aliphatic heterocycles. The topological polar surface area (TPSA) is 0 Å². The summed E-state index contributed by atoms with van der Waals surface area (Å²) in [5.74, 6) is 2.01. The summed E-state index contributed by atoms with van der Waals surface area (Å²) >= 11 is 0. The van der Waals surface area contributed by atoms with Gasteiger partial charge >= 0.3 is 0 Å². The number of fused-ring (bicyclic) bond motifs is 1. The molecule has 0 heterocycles. The van der Waals surface area contributed by atoms with Gasteiger partial charge in [-0.1, -0.05) is 56.4 Å². The summed E-state index contributed by atoms with van der Waals surface area (Å²) in [4.78, 5) is 0. The second-order valence-corrected chi connectivity index (χ2v) is 5.34. The predicted molar refractivity (Wildman–Crippen MR) is 63.9 cm³/mol. The molecular weight excluding hydrogens is 180 g/mol. The third-order valence-electron chi connectivity index (χ3n) is 4.40. The van der Waals surface area contributed by atoms with Crippen molar-refractivity contribution in [2.45, 2.75) is 44.9 Å². The highest BCUT2D eigenvalue weighted by Gasteiger charge is 2.28. The molecule has 0 heteroatoms. The van der Waals surface area contributed by atoms with Gasteiger partial charge in [0.05, 0.1) is 0 Å². The van der Waals surface area contributed by atoms with E-state index in [0.717, 1.165) is 11.8 Å². The Balaban J connectivity index is 1.72. The lowest BCUT2D eigenvalue weighted by Gasteiger charge is -2.27. The van der Waals surface area contributed by atoms with Gasteiger partial charge < -0.3 is 0 Å².